The van der Waals surface area contributed by atoms with Gasteiger partial charge in [0.1, 0.15) is 11.6 Å². The van der Waals surface area contributed by atoms with Crippen LogP contribution in [0.2, 0.25) is 0 Å². The maximum Gasteiger partial charge on any atom is 0.254 e. The van der Waals surface area contributed by atoms with Gasteiger partial charge >= 0.3 is 0 Å². The average molecular weight is 305 g/mol. The van der Waals surface area contributed by atoms with Crippen molar-refractivity contribution in [3.63, 3.8) is 0 Å². The van der Waals surface area contributed by atoms with Gasteiger partial charge in [0.05, 0.1) is 12.7 Å². The number of methoxy groups -OCH3 is 1. The fourth-order valence-corrected chi connectivity index (χ4v) is 2.10. The number of carbonyl (C=O) groups excluding carboxylic acids is 1. The van der Waals surface area contributed by atoms with Crippen LogP contribution in [-0.4, -0.2) is 19.6 Å². The summed E-state index contributed by atoms with van der Waals surface area (Å²) in [7, 11) is 1.61. The summed E-state index contributed by atoms with van der Waals surface area (Å²) in [5, 5.41) is 2.70. The Morgan fingerprint density at radius 3 is 2.62 bits per heavy atom. The molecule has 0 atom stereocenters. The minimum absolute atomic E-state index is 0.0113. The topological polar surface area (TPSA) is 38.3 Å². The highest BCUT2D eigenvalue weighted by Crippen LogP contribution is 2.14. The summed E-state index contributed by atoms with van der Waals surface area (Å²) in [4.78, 5) is 12.5. The Morgan fingerprint density at radius 1 is 1.24 bits per heavy atom. The molecule has 0 bridgehead atoms. The Labute approximate surface area is 128 Å². The maximum atomic E-state index is 13.5. The predicted molar refractivity (Wildman–Crippen MR) is 82.7 cm³/mol. The lowest BCUT2D eigenvalue weighted by atomic mass is 10.1. The number of ether oxygens (including phenoxy) is 1. The minimum Gasteiger partial charge on any atom is -0.497 e. The van der Waals surface area contributed by atoms with Gasteiger partial charge in [-0.1, -0.05) is 12.1 Å². The van der Waals surface area contributed by atoms with Crippen LogP contribution in [0.3, 0.4) is 0 Å². The summed E-state index contributed by atoms with van der Waals surface area (Å²) in [6, 6.07) is 11.7. The third-order valence-corrected chi connectivity index (χ3v) is 3.33. The van der Waals surface area contributed by atoms with E-state index in [9.17, 15) is 9.18 Å². The smallest absolute Gasteiger partial charge is 0.254 e. The molecule has 1 amide bonds. The predicted octanol–water partition coefficient (Wildman–Crippen LogP) is 3.10. The molecule has 0 saturated carbocycles. The number of hydrogen-bond donors (Lipinski definition) is 2. The maximum absolute atomic E-state index is 13.5. The molecule has 0 aromatic heterocycles. The molecule has 0 aliphatic rings. The Bertz CT molecular complexity index is 629. The number of thiol groups is 1. The zero-order valence-electron chi connectivity index (χ0n) is 11.6. The standard InChI is InChI=1S/C16H16FNO2S/c1-20-12-4-2-11(3-5-12)8-9-18-16(19)14-10-13(21)6-7-15(14)17/h2-7,10,21H,8-9H2,1H3,(H,18,19). The number of hydrogen-bond acceptors (Lipinski definition) is 3. The third-order valence-electron chi connectivity index (χ3n) is 3.05. The molecule has 0 spiro atoms. The highest BCUT2D eigenvalue weighted by atomic mass is 32.1. The Morgan fingerprint density at radius 2 is 1.95 bits per heavy atom. The second-order valence-electron chi connectivity index (χ2n) is 4.52. The number of halogens is 1. The Kier molecular flexibility index (Phi) is 5.22. The molecule has 0 heterocycles. The van der Waals surface area contributed by atoms with Gasteiger partial charge in [0.2, 0.25) is 0 Å². The van der Waals surface area contributed by atoms with Gasteiger partial charge in [-0.15, -0.1) is 12.6 Å². The molecule has 3 nitrogen and oxygen atoms in total. The SMILES string of the molecule is COc1ccc(CCNC(=O)c2cc(S)ccc2F)cc1. The number of benzene rings is 2. The Hall–Kier alpha value is -2.01. The summed E-state index contributed by atoms with van der Waals surface area (Å²) in [6.07, 6.45) is 0.665. The highest BCUT2D eigenvalue weighted by molar-refractivity contribution is 7.80. The van der Waals surface area contributed by atoms with Crippen molar-refractivity contribution >= 4 is 18.5 Å². The molecule has 2 aromatic rings. The quantitative estimate of drug-likeness (QED) is 0.833. The minimum atomic E-state index is -0.547. The molecule has 0 fully saturated rings. The molecule has 0 saturated heterocycles. The zero-order valence-corrected chi connectivity index (χ0v) is 12.5. The number of nitrogens with one attached hydrogen (secondary N) is 1. The van der Waals surface area contributed by atoms with E-state index < -0.39 is 11.7 Å². The van der Waals surface area contributed by atoms with Crippen molar-refractivity contribution in [2.24, 2.45) is 0 Å². The third kappa shape index (κ3) is 4.23. The molecule has 5 heteroatoms. The van der Waals surface area contributed by atoms with E-state index in [0.717, 1.165) is 11.3 Å². The van der Waals surface area contributed by atoms with E-state index in [1.165, 1.54) is 18.2 Å². The number of carbonyl (C=O) groups is 1. The lowest BCUT2D eigenvalue weighted by Gasteiger charge is -2.07. The van der Waals surface area contributed by atoms with E-state index in [2.05, 4.69) is 17.9 Å². The monoisotopic (exact) mass is 305 g/mol. The van der Waals surface area contributed by atoms with E-state index in [-0.39, 0.29) is 5.56 Å². The summed E-state index contributed by atoms with van der Waals surface area (Å²) in [6.45, 7) is 0.432. The van der Waals surface area contributed by atoms with Crippen LogP contribution >= 0.6 is 12.6 Å². The number of rotatable bonds is 5. The molecular weight excluding hydrogens is 289 g/mol. The van der Waals surface area contributed by atoms with Crippen molar-refractivity contribution in [3.05, 3.63) is 59.4 Å². The normalized spacial score (nSPS) is 10.2. The van der Waals surface area contributed by atoms with E-state index in [1.807, 2.05) is 24.3 Å². The van der Waals surface area contributed by atoms with Gasteiger partial charge in [0.25, 0.3) is 5.91 Å². The molecule has 0 aliphatic heterocycles. The molecule has 110 valence electrons. The lowest BCUT2D eigenvalue weighted by Crippen LogP contribution is -2.26. The molecule has 0 aliphatic carbocycles. The van der Waals surface area contributed by atoms with Crippen molar-refractivity contribution in [1.29, 1.82) is 0 Å². The summed E-state index contributed by atoms with van der Waals surface area (Å²) in [5.41, 5.74) is 1.08. The van der Waals surface area contributed by atoms with E-state index in [4.69, 9.17) is 4.74 Å². The molecule has 0 unspecified atom stereocenters. The molecule has 2 aromatic carbocycles. The van der Waals surface area contributed by atoms with Crippen molar-refractivity contribution in [3.8, 4) is 5.75 Å². The van der Waals surface area contributed by atoms with Crippen LogP contribution in [-0.2, 0) is 6.42 Å². The largest absolute Gasteiger partial charge is 0.497 e. The summed E-state index contributed by atoms with van der Waals surface area (Å²) >= 11 is 4.10. The van der Waals surface area contributed by atoms with Crippen LogP contribution in [0.4, 0.5) is 4.39 Å². The van der Waals surface area contributed by atoms with Gasteiger partial charge in [-0.3, -0.25) is 4.79 Å². The number of amides is 1. The lowest BCUT2D eigenvalue weighted by molar-refractivity contribution is 0.0950. The van der Waals surface area contributed by atoms with E-state index >= 15 is 0 Å². The Balaban J connectivity index is 1.90. The molecule has 21 heavy (non-hydrogen) atoms. The average Bonchev–Trinajstić information content (AvgIpc) is 2.50. The van der Waals surface area contributed by atoms with Crippen molar-refractivity contribution < 1.29 is 13.9 Å². The molecular formula is C16H16FNO2S. The van der Waals surface area contributed by atoms with Crippen molar-refractivity contribution in [2.75, 3.05) is 13.7 Å². The van der Waals surface area contributed by atoms with Gasteiger partial charge in [-0.25, -0.2) is 4.39 Å². The van der Waals surface area contributed by atoms with E-state index in [1.54, 1.807) is 7.11 Å². The van der Waals surface area contributed by atoms with Gasteiger partial charge in [-0.2, -0.15) is 0 Å². The van der Waals surface area contributed by atoms with Crippen LogP contribution in [0, 0.1) is 5.82 Å². The fourth-order valence-electron chi connectivity index (χ4n) is 1.90. The first-order valence-corrected chi connectivity index (χ1v) is 6.94. The van der Waals surface area contributed by atoms with Gasteiger partial charge in [0.15, 0.2) is 0 Å². The second kappa shape index (κ2) is 7.13. The first-order chi connectivity index (χ1) is 10.1. The van der Waals surface area contributed by atoms with Gasteiger partial charge in [0, 0.05) is 11.4 Å². The van der Waals surface area contributed by atoms with Gasteiger partial charge < -0.3 is 10.1 Å². The first kappa shape index (κ1) is 15.4. The van der Waals surface area contributed by atoms with Crippen molar-refractivity contribution in [1.82, 2.24) is 5.32 Å². The van der Waals surface area contributed by atoms with Crippen LogP contribution in [0.25, 0.3) is 0 Å². The summed E-state index contributed by atoms with van der Waals surface area (Å²) in [5.74, 6) is -0.192. The molecule has 1 N–H and O–H groups in total. The summed E-state index contributed by atoms with van der Waals surface area (Å²) < 4.78 is 18.6. The van der Waals surface area contributed by atoms with Crippen LogP contribution in [0.15, 0.2) is 47.4 Å². The highest BCUT2D eigenvalue weighted by Gasteiger charge is 2.11. The fraction of sp³-hybridized carbons (Fsp3) is 0.188. The molecule has 2 rings (SSSR count). The van der Waals surface area contributed by atoms with E-state index in [0.29, 0.717) is 17.9 Å². The van der Waals surface area contributed by atoms with Gasteiger partial charge in [-0.05, 0) is 42.3 Å². The molecule has 0 radical (unpaired) electrons. The van der Waals surface area contributed by atoms with Crippen LogP contribution in [0.1, 0.15) is 15.9 Å². The second-order valence-corrected chi connectivity index (χ2v) is 5.03. The first-order valence-electron chi connectivity index (χ1n) is 6.50. The van der Waals surface area contributed by atoms with Crippen LogP contribution in [0.5, 0.6) is 5.75 Å². The van der Waals surface area contributed by atoms with Crippen molar-refractivity contribution in [2.45, 2.75) is 11.3 Å². The van der Waals surface area contributed by atoms with Crippen LogP contribution < -0.4 is 10.1 Å². The zero-order chi connectivity index (χ0) is 15.2.